The molecule has 68 valence electrons. The summed E-state index contributed by atoms with van der Waals surface area (Å²) in [6.45, 7) is 1.95. The van der Waals surface area contributed by atoms with Crippen molar-refractivity contribution in [1.29, 1.82) is 0 Å². The summed E-state index contributed by atoms with van der Waals surface area (Å²) in [5.74, 6) is 0.392. The van der Waals surface area contributed by atoms with Gasteiger partial charge in [-0.25, -0.2) is 0 Å². The molecule has 1 aliphatic carbocycles. The topological polar surface area (TPSA) is 49.3 Å². The first-order chi connectivity index (χ1) is 5.79. The van der Waals surface area contributed by atoms with Gasteiger partial charge in [0, 0.05) is 0 Å². The van der Waals surface area contributed by atoms with E-state index in [0.29, 0.717) is 11.8 Å². The van der Waals surface area contributed by atoms with Crippen LogP contribution in [0, 0.1) is 17.8 Å². The Morgan fingerprint density at radius 2 is 2.17 bits per heavy atom. The van der Waals surface area contributed by atoms with Gasteiger partial charge in [0.05, 0.1) is 5.92 Å². The zero-order chi connectivity index (χ0) is 8.55. The number of carboxylic acid groups (broad SMARTS) is 1. The number of carbonyl (C=O) groups is 1. The number of aliphatic carboxylic acids is 1. The largest absolute Gasteiger partial charge is 0.481 e. The summed E-state index contributed by atoms with van der Waals surface area (Å²) >= 11 is 0. The average molecular weight is 169 g/mol. The second-order valence-corrected chi connectivity index (χ2v) is 3.96. The van der Waals surface area contributed by atoms with Crippen molar-refractivity contribution in [2.45, 2.75) is 19.3 Å². The fourth-order valence-corrected chi connectivity index (χ4v) is 2.66. The van der Waals surface area contributed by atoms with E-state index < -0.39 is 5.97 Å². The van der Waals surface area contributed by atoms with Gasteiger partial charge in [-0.3, -0.25) is 4.79 Å². The molecule has 0 amide bonds. The van der Waals surface area contributed by atoms with Crippen LogP contribution >= 0.6 is 0 Å². The summed E-state index contributed by atoms with van der Waals surface area (Å²) in [6, 6.07) is 0. The van der Waals surface area contributed by atoms with Crippen LogP contribution in [0.5, 0.6) is 0 Å². The Morgan fingerprint density at radius 3 is 2.92 bits per heavy atom. The molecule has 3 nitrogen and oxygen atoms in total. The van der Waals surface area contributed by atoms with E-state index in [1.807, 2.05) is 0 Å². The van der Waals surface area contributed by atoms with Crippen LogP contribution in [0.4, 0.5) is 0 Å². The van der Waals surface area contributed by atoms with Gasteiger partial charge in [-0.1, -0.05) is 6.42 Å². The van der Waals surface area contributed by atoms with Crippen molar-refractivity contribution >= 4 is 5.97 Å². The Balaban J connectivity index is 2.08. The maximum absolute atomic E-state index is 10.9. The molecule has 0 radical (unpaired) electrons. The Bertz CT molecular complexity index is 193. The molecule has 0 unspecified atom stereocenters. The molecular formula is C9H15NO2. The quantitative estimate of drug-likeness (QED) is 0.607. The van der Waals surface area contributed by atoms with E-state index in [1.54, 1.807) is 0 Å². The van der Waals surface area contributed by atoms with Crippen molar-refractivity contribution in [3.63, 3.8) is 0 Å². The highest BCUT2D eigenvalue weighted by molar-refractivity contribution is 5.70. The smallest absolute Gasteiger partial charge is 0.306 e. The monoisotopic (exact) mass is 169 g/mol. The third kappa shape index (κ3) is 1.22. The van der Waals surface area contributed by atoms with Crippen LogP contribution in [0.25, 0.3) is 0 Å². The van der Waals surface area contributed by atoms with Gasteiger partial charge >= 0.3 is 5.97 Å². The maximum Gasteiger partial charge on any atom is 0.306 e. The van der Waals surface area contributed by atoms with Crippen molar-refractivity contribution in [2.75, 3.05) is 13.1 Å². The fourth-order valence-electron chi connectivity index (χ4n) is 2.66. The van der Waals surface area contributed by atoms with Crippen LogP contribution in [0.15, 0.2) is 0 Å². The molecule has 1 aliphatic heterocycles. The summed E-state index contributed by atoms with van der Waals surface area (Å²) < 4.78 is 0. The van der Waals surface area contributed by atoms with Gasteiger partial charge in [0.2, 0.25) is 0 Å². The van der Waals surface area contributed by atoms with Crippen molar-refractivity contribution in [1.82, 2.24) is 5.32 Å². The zero-order valence-corrected chi connectivity index (χ0v) is 7.12. The third-order valence-electron chi connectivity index (χ3n) is 3.32. The first kappa shape index (κ1) is 8.05. The number of carboxylic acids is 1. The van der Waals surface area contributed by atoms with E-state index >= 15 is 0 Å². The highest BCUT2D eigenvalue weighted by Crippen LogP contribution is 2.36. The van der Waals surface area contributed by atoms with Crippen LogP contribution in [0.1, 0.15) is 19.3 Å². The summed E-state index contributed by atoms with van der Waals surface area (Å²) in [6.07, 6.45) is 3.21. The predicted molar refractivity (Wildman–Crippen MR) is 44.8 cm³/mol. The Kier molecular flexibility index (Phi) is 2.05. The van der Waals surface area contributed by atoms with E-state index in [4.69, 9.17) is 5.11 Å². The van der Waals surface area contributed by atoms with Crippen molar-refractivity contribution in [3.05, 3.63) is 0 Å². The van der Waals surface area contributed by atoms with Gasteiger partial charge in [0.1, 0.15) is 0 Å². The first-order valence-corrected chi connectivity index (χ1v) is 4.72. The molecule has 0 spiro atoms. The van der Waals surface area contributed by atoms with Gasteiger partial charge in [0.25, 0.3) is 0 Å². The molecule has 2 N–H and O–H groups in total. The summed E-state index contributed by atoms with van der Waals surface area (Å²) in [4.78, 5) is 10.9. The minimum absolute atomic E-state index is 0.0706. The van der Waals surface area contributed by atoms with Gasteiger partial charge in [-0.2, -0.15) is 0 Å². The van der Waals surface area contributed by atoms with Crippen molar-refractivity contribution in [3.8, 4) is 0 Å². The summed E-state index contributed by atoms with van der Waals surface area (Å²) in [5, 5.41) is 12.2. The molecule has 2 rings (SSSR count). The van der Waals surface area contributed by atoms with Gasteiger partial charge < -0.3 is 10.4 Å². The molecular weight excluding hydrogens is 154 g/mol. The molecule has 1 saturated carbocycles. The molecule has 0 aromatic rings. The minimum Gasteiger partial charge on any atom is -0.481 e. The molecule has 0 bridgehead atoms. The number of hydrogen-bond donors (Lipinski definition) is 2. The molecule has 3 atom stereocenters. The van der Waals surface area contributed by atoms with E-state index in [0.717, 1.165) is 25.9 Å². The van der Waals surface area contributed by atoms with E-state index in [9.17, 15) is 4.79 Å². The summed E-state index contributed by atoms with van der Waals surface area (Å²) in [5.41, 5.74) is 0. The molecule has 0 aromatic heterocycles. The van der Waals surface area contributed by atoms with Crippen LogP contribution in [-0.2, 0) is 4.79 Å². The van der Waals surface area contributed by atoms with Crippen molar-refractivity contribution < 1.29 is 9.90 Å². The van der Waals surface area contributed by atoms with Crippen molar-refractivity contribution in [2.24, 2.45) is 17.8 Å². The average Bonchev–Trinajstić information content (AvgIpc) is 2.49. The lowest BCUT2D eigenvalue weighted by Gasteiger charge is -2.29. The van der Waals surface area contributed by atoms with Gasteiger partial charge in [0.15, 0.2) is 0 Å². The number of nitrogens with one attached hydrogen (secondary N) is 1. The zero-order valence-electron chi connectivity index (χ0n) is 7.12. The normalized spacial score (nSPS) is 40.8. The number of fused-ring (bicyclic) bond motifs is 1. The first-order valence-electron chi connectivity index (χ1n) is 4.72. The van der Waals surface area contributed by atoms with E-state index in [-0.39, 0.29) is 5.92 Å². The standard InChI is InChI=1S/C9H15NO2/c11-9(12)7-3-1-2-6-4-10-5-8(6)7/h6-8,10H,1-5H2,(H,11,12)/t6-,7+,8-/m0/s1. The minimum atomic E-state index is -0.589. The Hall–Kier alpha value is -0.570. The summed E-state index contributed by atoms with van der Waals surface area (Å²) in [7, 11) is 0. The molecule has 12 heavy (non-hydrogen) atoms. The Labute approximate surface area is 72.2 Å². The van der Waals surface area contributed by atoms with Crippen LogP contribution in [0.2, 0.25) is 0 Å². The molecule has 2 aliphatic rings. The number of hydrogen-bond acceptors (Lipinski definition) is 2. The molecule has 1 saturated heterocycles. The molecule has 1 heterocycles. The fraction of sp³-hybridized carbons (Fsp3) is 0.889. The molecule has 0 aromatic carbocycles. The molecule has 3 heteroatoms. The maximum atomic E-state index is 10.9. The van der Waals surface area contributed by atoms with E-state index in [2.05, 4.69) is 5.32 Å². The van der Waals surface area contributed by atoms with Gasteiger partial charge in [-0.15, -0.1) is 0 Å². The SMILES string of the molecule is O=C(O)[C@@H]1CCC[C@H]2CNC[C@@H]21. The predicted octanol–water partition coefficient (Wildman–Crippen LogP) is 0.707. The number of rotatable bonds is 1. The lowest BCUT2D eigenvalue weighted by atomic mass is 9.74. The second-order valence-electron chi connectivity index (χ2n) is 3.96. The second kappa shape index (κ2) is 3.05. The van der Waals surface area contributed by atoms with Crippen LogP contribution in [-0.4, -0.2) is 24.2 Å². The highest BCUT2D eigenvalue weighted by Gasteiger charge is 2.39. The van der Waals surface area contributed by atoms with Gasteiger partial charge in [-0.05, 0) is 37.8 Å². The van der Waals surface area contributed by atoms with Crippen LogP contribution in [0.3, 0.4) is 0 Å². The lowest BCUT2D eigenvalue weighted by molar-refractivity contribution is -0.145. The highest BCUT2D eigenvalue weighted by atomic mass is 16.4. The van der Waals surface area contributed by atoms with E-state index in [1.165, 1.54) is 6.42 Å². The Morgan fingerprint density at radius 1 is 1.33 bits per heavy atom. The van der Waals surface area contributed by atoms with Crippen LogP contribution < -0.4 is 5.32 Å². The lowest BCUT2D eigenvalue weighted by Crippen LogP contribution is -2.32. The molecule has 2 fully saturated rings. The third-order valence-corrected chi connectivity index (χ3v) is 3.32.